The maximum Gasteiger partial charge on any atom is 0.230 e. The summed E-state index contributed by atoms with van der Waals surface area (Å²) in [5, 5.41) is 16.9. The quantitative estimate of drug-likeness (QED) is 0.518. The molecular weight excluding hydrogens is 415 g/mol. The Balaban J connectivity index is 1.48. The third-order valence-corrected chi connectivity index (χ3v) is 5.34. The number of aryl methyl sites for hydroxylation is 1. The van der Waals surface area contributed by atoms with Crippen molar-refractivity contribution in [2.45, 2.75) is 13.3 Å². The van der Waals surface area contributed by atoms with Crippen LogP contribution in [0.3, 0.4) is 0 Å². The first kappa shape index (κ1) is 19.2. The van der Waals surface area contributed by atoms with E-state index in [4.69, 9.17) is 11.6 Å². The van der Waals surface area contributed by atoms with Gasteiger partial charge in [-0.05, 0) is 41.6 Å². The number of halogens is 2. The lowest BCUT2D eigenvalue weighted by molar-refractivity contribution is -0.115. The Kier molecular flexibility index (Phi) is 5.32. The minimum Gasteiger partial charge on any atom is -0.326 e. The van der Waals surface area contributed by atoms with E-state index in [0.717, 1.165) is 10.6 Å². The molecule has 10 heteroatoms. The molecule has 29 heavy (non-hydrogen) atoms. The van der Waals surface area contributed by atoms with Crippen molar-refractivity contribution in [3.63, 3.8) is 0 Å². The molecule has 0 saturated heterocycles. The zero-order valence-electron chi connectivity index (χ0n) is 15.1. The third kappa shape index (κ3) is 4.15. The highest BCUT2D eigenvalue weighted by Crippen LogP contribution is 2.30. The molecule has 0 aliphatic carbocycles. The predicted octanol–water partition coefficient (Wildman–Crippen LogP) is 4.07. The highest BCUT2D eigenvalue weighted by atomic mass is 35.5. The lowest BCUT2D eigenvalue weighted by Crippen LogP contribution is -2.15. The first-order chi connectivity index (χ1) is 14.0. The van der Waals surface area contributed by atoms with E-state index in [1.54, 1.807) is 13.0 Å². The van der Waals surface area contributed by atoms with Crippen LogP contribution in [0.4, 0.5) is 10.1 Å². The van der Waals surface area contributed by atoms with Crippen LogP contribution in [-0.4, -0.2) is 31.1 Å². The molecule has 0 bridgehead atoms. The zero-order valence-corrected chi connectivity index (χ0v) is 16.7. The van der Waals surface area contributed by atoms with E-state index in [1.807, 2.05) is 23.6 Å². The number of carbonyl (C=O) groups is 1. The molecule has 4 aromatic rings. The van der Waals surface area contributed by atoms with Gasteiger partial charge in [0.2, 0.25) is 5.91 Å². The summed E-state index contributed by atoms with van der Waals surface area (Å²) in [5.41, 5.74) is 2.04. The Bertz CT molecular complexity index is 1190. The van der Waals surface area contributed by atoms with Crippen molar-refractivity contribution in [1.82, 2.24) is 25.2 Å². The Hall–Kier alpha value is -3.17. The third-order valence-electron chi connectivity index (χ3n) is 4.08. The minimum absolute atomic E-state index is 0.0809. The molecule has 0 atom stereocenters. The van der Waals surface area contributed by atoms with E-state index in [1.165, 1.54) is 34.2 Å². The SMILES string of the molecule is Cc1nnnn1-c1cc(NC(=O)Cc2csc(-c3ccccc3Cl)n2)ccc1F. The van der Waals surface area contributed by atoms with Gasteiger partial charge in [-0.3, -0.25) is 4.79 Å². The number of aromatic nitrogens is 5. The van der Waals surface area contributed by atoms with Gasteiger partial charge in [-0.2, -0.15) is 4.68 Å². The lowest BCUT2D eigenvalue weighted by Gasteiger charge is -2.08. The van der Waals surface area contributed by atoms with Gasteiger partial charge in [-0.15, -0.1) is 16.4 Å². The Morgan fingerprint density at radius 1 is 1.28 bits per heavy atom. The second-order valence-electron chi connectivity index (χ2n) is 6.15. The molecule has 2 aromatic carbocycles. The Morgan fingerprint density at radius 2 is 2.10 bits per heavy atom. The van der Waals surface area contributed by atoms with Gasteiger partial charge in [0.15, 0.2) is 5.82 Å². The zero-order chi connectivity index (χ0) is 20.4. The lowest BCUT2D eigenvalue weighted by atomic mass is 10.2. The number of thiazole rings is 1. The molecule has 7 nitrogen and oxygen atoms in total. The molecule has 2 heterocycles. The molecule has 0 spiro atoms. The number of anilines is 1. The van der Waals surface area contributed by atoms with Crippen molar-refractivity contribution in [3.8, 4) is 16.3 Å². The molecule has 0 aliphatic heterocycles. The number of amides is 1. The second kappa shape index (κ2) is 8.06. The van der Waals surface area contributed by atoms with Gasteiger partial charge < -0.3 is 5.32 Å². The van der Waals surface area contributed by atoms with E-state index < -0.39 is 5.82 Å². The minimum atomic E-state index is -0.498. The van der Waals surface area contributed by atoms with Crippen LogP contribution < -0.4 is 5.32 Å². The highest BCUT2D eigenvalue weighted by molar-refractivity contribution is 7.13. The largest absolute Gasteiger partial charge is 0.326 e. The van der Waals surface area contributed by atoms with Crippen molar-refractivity contribution < 1.29 is 9.18 Å². The van der Waals surface area contributed by atoms with Crippen LogP contribution in [0.5, 0.6) is 0 Å². The summed E-state index contributed by atoms with van der Waals surface area (Å²) in [4.78, 5) is 16.9. The fourth-order valence-corrected chi connectivity index (χ4v) is 3.86. The molecule has 0 saturated carbocycles. The molecular formula is C19H14ClFN6OS. The average Bonchev–Trinajstić information content (AvgIpc) is 3.33. The van der Waals surface area contributed by atoms with E-state index in [2.05, 4.69) is 25.8 Å². The second-order valence-corrected chi connectivity index (χ2v) is 7.42. The van der Waals surface area contributed by atoms with Gasteiger partial charge in [0.25, 0.3) is 0 Å². The predicted molar refractivity (Wildman–Crippen MR) is 109 cm³/mol. The van der Waals surface area contributed by atoms with Crippen molar-refractivity contribution in [2.75, 3.05) is 5.32 Å². The average molecular weight is 429 g/mol. The van der Waals surface area contributed by atoms with Crippen LogP contribution in [0.15, 0.2) is 47.8 Å². The monoisotopic (exact) mass is 428 g/mol. The number of nitrogens with one attached hydrogen (secondary N) is 1. The maximum absolute atomic E-state index is 14.1. The smallest absolute Gasteiger partial charge is 0.230 e. The molecule has 0 unspecified atom stereocenters. The van der Waals surface area contributed by atoms with E-state index in [-0.39, 0.29) is 18.0 Å². The summed E-state index contributed by atoms with van der Waals surface area (Å²) in [7, 11) is 0. The van der Waals surface area contributed by atoms with Gasteiger partial charge in [0.05, 0.1) is 17.1 Å². The molecule has 1 amide bonds. The topological polar surface area (TPSA) is 85.6 Å². The molecule has 146 valence electrons. The summed E-state index contributed by atoms with van der Waals surface area (Å²) >= 11 is 7.62. The number of benzene rings is 2. The van der Waals surface area contributed by atoms with Crippen molar-refractivity contribution in [3.05, 3.63) is 70.2 Å². The van der Waals surface area contributed by atoms with Crippen LogP contribution in [0.2, 0.25) is 5.02 Å². The number of rotatable bonds is 5. The summed E-state index contributed by atoms with van der Waals surface area (Å²) in [5.74, 6) is -0.337. The van der Waals surface area contributed by atoms with Crippen molar-refractivity contribution in [2.24, 2.45) is 0 Å². The number of hydrogen-bond acceptors (Lipinski definition) is 6. The molecule has 2 aromatic heterocycles. The number of nitrogens with zero attached hydrogens (tertiary/aromatic N) is 5. The molecule has 0 aliphatic rings. The van der Waals surface area contributed by atoms with Gasteiger partial charge in [0, 0.05) is 16.6 Å². The Morgan fingerprint density at radius 3 is 2.86 bits per heavy atom. The van der Waals surface area contributed by atoms with Crippen LogP contribution in [0, 0.1) is 12.7 Å². The first-order valence-corrected chi connectivity index (χ1v) is 9.81. The summed E-state index contributed by atoms with van der Waals surface area (Å²) in [6, 6.07) is 11.6. The molecule has 1 N–H and O–H groups in total. The standard InChI is InChI=1S/C19H14ClFN6OS/c1-11-24-25-26-27(11)17-8-12(6-7-16(17)21)22-18(28)9-13-10-29-19(23-13)14-4-2-3-5-15(14)20/h2-8,10H,9H2,1H3,(H,22,28). The van der Waals surface area contributed by atoms with Crippen molar-refractivity contribution in [1.29, 1.82) is 0 Å². The van der Waals surface area contributed by atoms with Gasteiger partial charge in [-0.1, -0.05) is 29.8 Å². The number of carbonyl (C=O) groups excluding carboxylic acids is 1. The molecule has 0 fully saturated rings. The fourth-order valence-electron chi connectivity index (χ4n) is 2.72. The number of tetrazole rings is 1. The molecule has 0 radical (unpaired) electrons. The first-order valence-electron chi connectivity index (χ1n) is 8.55. The maximum atomic E-state index is 14.1. The van der Waals surface area contributed by atoms with Gasteiger partial charge >= 0.3 is 0 Å². The fraction of sp³-hybridized carbons (Fsp3) is 0.105. The molecule has 4 rings (SSSR count). The van der Waals surface area contributed by atoms with Crippen LogP contribution >= 0.6 is 22.9 Å². The van der Waals surface area contributed by atoms with Crippen LogP contribution in [0.25, 0.3) is 16.3 Å². The van der Waals surface area contributed by atoms with Gasteiger partial charge in [-0.25, -0.2) is 9.37 Å². The normalized spacial score (nSPS) is 10.9. The summed E-state index contributed by atoms with van der Waals surface area (Å²) in [6.45, 7) is 1.66. The van der Waals surface area contributed by atoms with E-state index in [0.29, 0.717) is 22.2 Å². The highest BCUT2D eigenvalue weighted by Gasteiger charge is 2.14. The van der Waals surface area contributed by atoms with E-state index in [9.17, 15) is 9.18 Å². The van der Waals surface area contributed by atoms with Crippen LogP contribution in [0.1, 0.15) is 11.5 Å². The summed E-state index contributed by atoms with van der Waals surface area (Å²) < 4.78 is 15.4. The van der Waals surface area contributed by atoms with Gasteiger partial charge in [0.1, 0.15) is 16.5 Å². The van der Waals surface area contributed by atoms with Crippen molar-refractivity contribution >= 4 is 34.5 Å². The number of hydrogen-bond donors (Lipinski definition) is 1. The Labute approximate surface area is 174 Å². The summed E-state index contributed by atoms with van der Waals surface area (Å²) in [6.07, 6.45) is 0.0809. The van der Waals surface area contributed by atoms with Crippen LogP contribution in [-0.2, 0) is 11.2 Å². The van der Waals surface area contributed by atoms with E-state index >= 15 is 0 Å².